The maximum Gasteiger partial charge on any atom is 0.173 e. The van der Waals surface area contributed by atoms with E-state index in [1.807, 2.05) is 18.4 Å². The molecule has 11 heavy (non-hydrogen) atoms. The molecule has 1 aromatic rings. The van der Waals surface area contributed by atoms with E-state index in [1.165, 1.54) is 11.3 Å². The standard InChI is InChI=1S/C8H9ClOS/c1-6-4-8(11-5-6)7(10)2-3-9/h4-5H,2-3H2,1H3. The molecule has 0 aliphatic heterocycles. The minimum Gasteiger partial charge on any atom is -0.293 e. The number of thiophene rings is 1. The van der Waals surface area contributed by atoms with Crippen molar-refractivity contribution >= 4 is 28.7 Å². The summed E-state index contributed by atoms with van der Waals surface area (Å²) in [4.78, 5) is 12.0. The molecule has 1 nitrogen and oxygen atoms in total. The molecule has 0 aliphatic carbocycles. The Morgan fingerprint density at radius 2 is 2.45 bits per heavy atom. The minimum atomic E-state index is 0.151. The van der Waals surface area contributed by atoms with Crippen molar-refractivity contribution < 1.29 is 4.79 Å². The van der Waals surface area contributed by atoms with Gasteiger partial charge in [0.15, 0.2) is 5.78 Å². The molecule has 0 aromatic carbocycles. The average Bonchev–Trinajstić information content (AvgIpc) is 2.36. The van der Waals surface area contributed by atoms with Gasteiger partial charge < -0.3 is 0 Å². The lowest BCUT2D eigenvalue weighted by atomic mass is 10.2. The van der Waals surface area contributed by atoms with E-state index < -0.39 is 0 Å². The van der Waals surface area contributed by atoms with Crippen LogP contribution >= 0.6 is 22.9 Å². The van der Waals surface area contributed by atoms with Crippen LogP contribution in [0.2, 0.25) is 0 Å². The normalized spacial score (nSPS) is 10.0. The van der Waals surface area contributed by atoms with Crippen molar-refractivity contribution in [1.29, 1.82) is 0 Å². The van der Waals surface area contributed by atoms with Crippen molar-refractivity contribution in [2.24, 2.45) is 0 Å². The first-order valence-electron chi connectivity index (χ1n) is 3.38. The molecule has 1 heterocycles. The summed E-state index contributed by atoms with van der Waals surface area (Å²) in [5, 5.41) is 1.97. The molecule has 0 aliphatic rings. The van der Waals surface area contributed by atoms with Crippen LogP contribution in [0, 0.1) is 6.92 Å². The molecule has 0 unspecified atom stereocenters. The van der Waals surface area contributed by atoms with Crippen LogP contribution in [-0.2, 0) is 0 Å². The fourth-order valence-electron chi connectivity index (χ4n) is 0.786. The van der Waals surface area contributed by atoms with Crippen molar-refractivity contribution in [2.45, 2.75) is 13.3 Å². The highest BCUT2D eigenvalue weighted by molar-refractivity contribution is 7.12. The lowest BCUT2D eigenvalue weighted by Crippen LogP contribution is -1.95. The van der Waals surface area contributed by atoms with Crippen molar-refractivity contribution in [3.8, 4) is 0 Å². The van der Waals surface area contributed by atoms with Crippen LogP contribution in [-0.4, -0.2) is 11.7 Å². The second-order valence-electron chi connectivity index (χ2n) is 2.35. The van der Waals surface area contributed by atoms with Gasteiger partial charge in [-0.1, -0.05) is 0 Å². The Hall–Kier alpha value is -0.340. The molecule has 0 radical (unpaired) electrons. The van der Waals surface area contributed by atoms with E-state index in [1.54, 1.807) is 0 Å². The molecule has 0 saturated carbocycles. The van der Waals surface area contributed by atoms with Crippen LogP contribution in [0.4, 0.5) is 0 Å². The maximum absolute atomic E-state index is 11.2. The Morgan fingerprint density at radius 3 is 2.91 bits per heavy atom. The second kappa shape index (κ2) is 3.88. The van der Waals surface area contributed by atoms with Gasteiger partial charge in [0, 0.05) is 12.3 Å². The quantitative estimate of drug-likeness (QED) is 0.527. The molecule has 60 valence electrons. The molecule has 0 bridgehead atoms. The number of aryl methyl sites for hydroxylation is 1. The molecule has 3 heteroatoms. The van der Waals surface area contributed by atoms with E-state index in [9.17, 15) is 4.79 Å². The van der Waals surface area contributed by atoms with Gasteiger partial charge in [-0.15, -0.1) is 22.9 Å². The van der Waals surface area contributed by atoms with Gasteiger partial charge in [-0.05, 0) is 23.9 Å². The molecule has 0 fully saturated rings. The van der Waals surface area contributed by atoms with E-state index >= 15 is 0 Å². The summed E-state index contributed by atoms with van der Waals surface area (Å²) in [5.41, 5.74) is 1.15. The lowest BCUT2D eigenvalue weighted by molar-refractivity contribution is 0.0993. The van der Waals surface area contributed by atoms with E-state index in [0.717, 1.165) is 10.4 Å². The third-order valence-electron chi connectivity index (χ3n) is 1.33. The molecule has 0 saturated heterocycles. The largest absolute Gasteiger partial charge is 0.293 e. The number of carbonyl (C=O) groups excluding carboxylic acids is 1. The van der Waals surface area contributed by atoms with Gasteiger partial charge >= 0.3 is 0 Å². The van der Waals surface area contributed by atoms with Crippen LogP contribution in [0.5, 0.6) is 0 Å². The van der Waals surface area contributed by atoms with Crippen LogP contribution in [0.1, 0.15) is 21.7 Å². The van der Waals surface area contributed by atoms with Crippen LogP contribution in [0.25, 0.3) is 0 Å². The number of alkyl halides is 1. The number of hydrogen-bond acceptors (Lipinski definition) is 2. The number of Topliss-reactive ketones (excluding diaryl/α,β-unsaturated/α-hetero) is 1. The van der Waals surface area contributed by atoms with Gasteiger partial charge in [0.2, 0.25) is 0 Å². The van der Waals surface area contributed by atoms with Gasteiger partial charge in [0.05, 0.1) is 4.88 Å². The number of carbonyl (C=O) groups is 1. The zero-order valence-electron chi connectivity index (χ0n) is 6.26. The Kier molecular flexibility index (Phi) is 3.09. The summed E-state index contributed by atoms with van der Waals surface area (Å²) in [6.45, 7) is 1.98. The summed E-state index contributed by atoms with van der Waals surface area (Å²) in [6, 6.07) is 1.90. The molecule has 0 spiro atoms. The number of ketones is 1. The Bertz CT molecular complexity index is 254. The van der Waals surface area contributed by atoms with Crippen molar-refractivity contribution in [2.75, 3.05) is 5.88 Å². The fraction of sp³-hybridized carbons (Fsp3) is 0.375. The van der Waals surface area contributed by atoms with Crippen LogP contribution < -0.4 is 0 Å². The van der Waals surface area contributed by atoms with E-state index in [-0.39, 0.29) is 5.78 Å². The molecule has 1 rings (SSSR count). The van der Waals surface area contributed by atoms with Gasteiger partial charge in [-0.25, -0.2) is 0 Å². The molecule has 0 N–H and O–H groups in total. The summed E-state index contributed by atoms with van der Waals surface area (Å²) < 4.78 is 0. The first-order valence-corrected chi connectivity index (χ1v) is 4.79. The number of rotatable bonds is 3. The summed E-state index contributed by atoms with van der Waals surface area (Å²) in [5.74, 6) is 0.563. The van der Waals surface area contributed by atoms with Crippen molar-refractivity contribution in [3.63, 3.8) is 0 Å². The second-order valence-corrected chi connectivity index (χ2v) is 3.64. The molecular weight excluding hydrogens is 180 g/mol. The highest BCUT2D eigenvalue weighted by Crippen LogP contribution is 2.15. The topological polar surface area (TPSA) is 17.1 Å². The van der Waals surface area contributed by atoms with E-state index in [0.29, 0.717) is 12.3 Å². The Labute approximate surface area is 75.0 Å². The van der Waals surface area contributed by atoms with E-state index in [2.05, 4.69) is 0 Å². The molecule has 0 atom stereocenters. The Morgan fingerprint density at radius 1 is 1.73 bits per heavy atom. The maximum atomic E-state index is 11.2. The van der Waals surface area contributed by atoms with Gasteiger partial charge in [0.1, 0.15) is 0 Å². The van der Waals surface area contributed by atoms with Gasteiger partial charge in [-0.2, -0.15) is 0 Å². The van der Waals surface area contributed by atoms with Gasteiger partial charge in [-0.3, -0.25) is 4.79 Å². The smallest absolute Gasteiger partial charge is 0.173 e. The third kappa shape index (κ3) is 2.31. The van der Waals surface area contributed by atoms with Crippen molar-refractivity contribution in [1.82, 2.24) is 0 Å². The fourth-order valence-corrected chi connectivity index (χ4v) is 1.83. The molecular formula is C8H9ClOS. The van der Waals surface area contributed by atoms with E-state index in [4.69, 9.17) is 11.6 Å². The van der Waals surface area contributed by atoms with Gasteiger partial charge in [0.25, 0.3) is 0 Å². The average molecular weight is 189 g/mol. The van der Waals surface area contributed by atoms with Crippen LogP contribution in [0.3, 0.4) is 0 Å². The Balaban J connectivity index is 2.69. The number of halogens is 1. The third-order valence-corrected chi connectivity index (χ3v) is 2.61. The first-order chi connectivity index (χ1) is 5.24. The van der Waals surface area contributed by atoms with Crippen LogP contribution in [0.15, 0.2) is 11.4 Å². The summed E-state index contributed by atoms with van der Waals surface area (Å²) >= 11 is 6.93. The number of hydrogen-bond donors (Lipinski definition) is 0. The zero-order chi connectivity index (χ0) is 8.27. The highest BCUT2D eigenvalue weighted by atomic mass is 35.5. The minimum absolute atomic E-state index is 0.151. The highest BCUT2D eigenvalue weighted by Gasteiger charge is 2.05. The summed E-state index contributed by atoms with van der Waals surface area (Å²) in [6.07, 6.45) is 0.446. The lowest BCUT2D eigenvalue weighted by Gasteiger charge is -1.90. The first kappa shape index (κ1) is 8.75. The SMILES string of the molecule is Cc1csc(C(=O)CCCl)c1. The molecule has 0 amide bonds. The summed E-state index contributed by atoms with van der Waals surface area (Å²) in [7, 11) is 0. The zero-order valence-corrected chi connectivity index (χ0v) is 7.84. The van der Waals surface area contributed by atoms with Crippen molar-refractivity contribution in [3.05, 3.63) is 21.9 Å². The predicted molar refractivity (Wildman–Crippen MR) is 48.7 cm³/mol. The monoisotopic (exact) mass is 188 g/mol. The molecule has 1 aromatic heterocycles. The predicted octanol–water partition coefficient (Wildman–Crippen LogP) is 2.87.